The summed E-state index contributed by atoms with van der Waals surface area (Å²) >= 11 is 0. The van der Waals surface area contributed by atoms with E-state index in [4.69, 9.17) is 9.47 Å². The molecule has 1 amide bonds. The molecular weight excluding hydrogens is 466 g/mol. The van der Waals surface area contributed by atoms with Gasteiger partial charge in [-0.2, -0.15) is 18.3 Å². The minimum absolute atomic E-state index is 0.0499. The van der Waals surface area contributed by atoms with Crippen LogP contribution in [0.15, 0.2) is 24.8 Å². The topological polar surface area (TPSA) is 56.6 Å². The van der Waals surface area contributed by atoms with Crippen molar-refractivity contribution < 1.29 is 31.8 Å². The number of rotatable bonds is 3. The van der Waals surface area contributed by atoms with Crippen molar-refractivity contribution in [3.05, 3.63) is 58.7 Å². The highest BCUT2D eigenvalue weighted by Gasteiger charge is 2.37. The van der Waals surface area contributed by atoms with Gasteiger partial charge in [-0.05, 0) is 64.2 Å². The average Bonchev–Trinajstić information content (AvgIpc) is 3.16. The second-order valence-electron chi connectivity index (χ2n) is 9.86. The Balaban J connectivity index is 1.75. The Morgan fingerprint density at radius 2 is 1.97 bits per heavy atom. The number of nitrogens with zero attached hydrogens (tertiary/aromatic N) is 3. The molecule has 1 atom stereocenters. The van der Waals surface area contributed by atoms with Crippen molar-refractivity contribution >= 4 is 11.7 Å². The molecule has 0 bridgehead atoms. The number of benzene rings is 1. The fourth-order valence-corrected chi connectivity index (χ4v) is 4.46. The van der Waals surface area contributed by atoms with Crippen LogP contribution >= 0.6 is 0 Å². The van der Waals surface area contributed by atoms with Crippen LogP contribution in [-0.4, -0.2) is 39.5 Å². The lowest BCUT2D eigenvalue weighted by atomic mass is 9.93. The lowest BCUT2D eigenvalue weighted by Gasteiger charge is -2.32. The van der Waals surface area contributed by atoms with Crippen LogP contribution in [0.4, 0.5) is 22.4 Å². The molecule has 10 heteroatoms. The first-order valence-electron chi connectivity index (χ1n) is 11.6. The molecule has 1 saturated heterocycles. The normalized spacial score (nSPS) is 18.8. The maximum atomic E-state index is 13.7. The number of carbonyl (C=O) groups is 1. The average molecular weight is 496 g/mol. The SMILES string of the molecule is C=C(c1ccc(F)cc1C(F)(F)F)c1nn(C2CCCCO2)c2c1CCN(C(=O)OC(C)(C)C)C2. The van der Waals surface area contributed by atoms with Gasteiger partial charge in [-0.25, -0.2) is 13.9 Å². The van der Waals surface area contributed by atoms with Crippen LogP contribution in [0.3, 0.4) is 0 Å². The smallest absolute Gasteiger partial charge is 0.417 e. The first-order valence-corrected chi connectivity index (χ1v) is 11.6. The number of hydrogen-bond donors (Lipinski definition) is 0. The number of aromatic nitrogens is 2. The van der Waals surface area contributed by atoms with Crippen LogP contribution in [-0.2, 0) is 28.6 Å². The summed E-state index contributed by atoms with van der Waals surface area (Å²) in [6.45, 7) is 10.3. The molecule has 2 aliphatic heterocycles. The van der Waals surface area contributed by atoms with E-state index in [1.807, 2.05) is 0 Å². The van der Waals surface area contributed by atoms with Crippen LogP contribution in [0.25, 0.3) is 5.57 Å². The summed E-state index contributed by atoms with van der Waals surface area (Å²) in [5, 5.41) is 4.66. The van der Waals surface area contributed by atoms with E-state index >= 15 is 0 Å². The van der Waals surface area contributed by atoms with E-state index < -0.39 is 35.5 Å². The monoisotopic (exact) mass is 495 g/mol. The van der Waals surface area contributed by atoms with Gasteiger partial charge in [0.2, 0.25) is 0 Å². The highest BCUT2D eigenvalue weighted by atomic mass is 19.4. The molecule has 2 aliphatic rings. The summed E-state index contributed by atoms with van der Waals surface area (Å²) in [6, 6.07) is 2.53. The molecule has 190 valence electrons. The largest absolute Gasteiger partial charge is 0.444 e. The Bertz CT molecular complexity index is 1130. The number of amides is 1. The predicted molar refractivity (Wildman–Crippen MR) is 121 cm³/mol. The lowest BCUT2D eigenvalue weighted by molar-refractivity contribution is -0.138. The highest BCUT2D eigenvalue weighted by molar-refractivity contribution is 5.80. The minimum atomic E-state index is -4.76. The van der Waals surface area contributed by atoms with E-state index in [0.717, 1.165) is 25.0 Å². The Morgan fingerprint density at radius 1 is 1.23 bits per heavy atom. The molecule has 0 spiro atoms. The number of ether oxygens (including phenoxy) is 2. The van der Waals surface area contributed by atoms with Crippen LogP contribution in [0.2, 0.25) is 0 Å². The molecule has 4 rings (SSSR count). The van der Waals surface area contributed by atoms with E-state index in [-0.39, 0.29) is 17.7 Å². The van der Waals surface area contributed by atoms with Gasteiger partial charge in [-0.1, -0.05) is 12.6 Å². The number of hydrogen-bond acceptors (Lipinski definition) is 4. The van der Waals surface area contributed by atoms with Crippen LogP contribution in [0.1, 0.15) is 74.3 Å². The number of fused-ring (bicyclic) bond motifs is 1. The molecular formula is C25H29F4N3O3. The van der Waals surface area contributed by atoms with Crippen LogP contribution < -0.4 is 0 Å². The molecule has 0 N–H and O–H groups in total. The summed E-state index contributed by atoms with van der Waals surface area (Å²) in [4.78, 5) is 14.3. The third kappa shape index (κ3) is 5.37. The van der Waals surface area contributed by atoms with Gasteiger partial charge in [0.25, 0.3) is 0 Å². The summed E-state index contributed by atoms with van der Waals surface area (Å²) in [5.74, 6) is -0.981. The zero-order valence-electron chi connectivity index (χ0n) is 20.0. The molecule has 1 fully saturated rings. The Morgan fingerprint density at radius 3 is 2.60 bits per heavy atom. The first kappa shape index (κ1) is 25.2. The third-order valence-electron chi connectivity index (χ3n) is 6.07. The molecule has 6 nitrogen and oxygen atoms in total. The molecule has 1 aromatic carbocycles. The first-order chi connectivity index (χ1) is 16.3. The highest BCUT2D eigenvalue weighted by Crippen LogP contribution is 2.39. The van der Waals surface area contributed by atoms with Crippen molar-refractivity contribution in [2.24, 2.45) is 0 Å². The van der Waals surface area contributed by atoms with E-state index in [1.54, 1.807) is 30.4 Å². The van der Waals surface area contributed by atoms with E-state index in [1.165, 1.54) is 0 Å². The fraction of sp³-hybridized carbons (Fsp3) is 0.520. The quantitative estimate of drug-likeness (QED) is 0.483. The second-order valence-corrected chi connectivity index (χ2v) is 9.86. The van der Waals surface area contributed by atoms with E-state index in [9.17, 15) is 22.4 Å². The number of alkyl halides is 3. The molecule has 1 aromatic heterocycles. The van der Waals surface area contributed by atoms with Gasteiger partial charge in [0.05, 0.1) is 23.5 Å². The molecule has 0 saturated carbocycles. The minimum Gasteiger partial charge on any atom is -0.444 e. The summed E-state index contributed by atoms with van der Waals surface area (Å²) in [5.41, 5.74) is -0.261. The molecule has 3 heterocycles. The fourth-order valence-electron chi connectivity index (χ4n) is 4.46. The van der Waals surface area contributed by atoms with Crippen molar-refractivity contribution in [3.8, 4) is 0 Å². The Kier molecular flexibility index (Phi) is 6.70. The van der Waals surface area contributed by atoms with Gasteiger partial charge in [0.1, 0.15) is 11.4 Å². The standard InChI is InChI=1S/C25H29F4N3O3/c1-15(17-9-8-16(26)13-19(17)25(27,28)29)22-18-10-11-31(23(33)35-24(2,3)4)14-20(18)32(30-22)21-7-5-6-12-34-21/h8-9,13,21H,1,5-7,10-12,14H2,2-4H3. The van der Waals surface area contributed by atoms with E-state index in [0.29, 0.717) is 49.0 Å². The Hall–Kier alpha value is -2.88. The molecule has 0 aliphatic carbocycles. The molecule has 0 radical (unpaired) electrons. The van der Waals surface area contributed by atoms with Crippen molar-refractivity contribution in [1.29, 1.82) is 0 Å². The van der Waals surface area contributed by atoms with Gasteiger partial charge < -0.3 is 14.4 Å². The van der Waals surface area contributed by atoms with Gasteiger partial charge in [-0.15, -0.1) is 0 Å². The van der Waals surface area contributed by atoms with Gasteiger partial charge in [-0.3, -0.25) is 0 Å². The van der Waals surface area contributed by atoms with Crippen molar-refractivity contribution in [3.63, 3.8) is 0 Å². The van der Waals surface area contributed by atoms with Crippen molar-refractivity contribution in [2.45, 2.75) is 71.0 Å². The number of carbonyl (C=O) groups excluding carboxylic acids is 1. The second kappa shape index (κ2) is 9.29. The zero-order valence-corrected chi connectivity index (χ0v) is 20.0. The van der Waals surface area contributed by atoms with Crippen molar-refractivity contribution in [1.82, 2.24) is 14.7 Å². The van der Waals surface area contributed by atoms with Crippen LogP contribution in [0, 0.1) is 5.82 Å². The maximum Gasteiger partial charge on any atom is 0.417 e. The summed E-state index contributed by atoms with van der Waals surface area (Å²) < 4.78 is 67.9. The molecule has 2 aromatic rings. The number of halogens is 4. The lowest BCUT2D eigenvalue weighted by Crippen LogP contribution is -2.40. The maximum absolute atomic E-state index is 13.7. The van der Waals surface area contributed by atoms with Crippen LogP contribution in [0.5, 0.6) is 0 Å². The molecule has 35 heavy (non-hydrogen) atoms. The zero-order chi connectivity index (χ0) is 25.5. The van der Waals surface area contributed by atoms with Gasteiger partial charge in [0, 0.05) is 24.3 Å². The summed E-state index contributed by atoms with van der Waals surface area (Å²) in [6.07, 6.45) is -2.75. The van der Waals surface area contributed by atoms with Crippen molar-refractivity contribution in [2.75, 3.05) is 13.2 Å². The summed E-state index contributed by atoms with van der Waals surface area (Å²) in [7, 11) is 0. The van der Waals surface area contributed by atoms with Gasteiger partial charge in [0.15, 0.2) is 6.23 Å². The Labute approximate surface area is 201 Å². The molecule has 1 unspecified atom stereocenters. The predicted octanol–water partition coefficient (Wildman–Crippen LogP) is 6.09. The van der Waals surface area contributed by atoms with Gasteiger partial charge >= 0.3 is 12.3 Å². The van der Waals surface area contributed by atoms with E-state index in [2.05, 4.69) is 11.7 Å². The third-order valence-corrected chi connectivity index (χ3v) is 6.07.